The number of hydrogen-bond acceptors (Lipinski definition) is 4. The third-order valence-corrected chi connectivity index (χ3v) is 6.08. The first-order chi connectivity index (χ1) is 11.7. The molecule has 1 heterocycles. The van der Waals surface area contributed by atoms with Crippen LogP contribution in [0.15, 0.2) is 41.5 Å². The summed E-state index contributed by atoms with van der Waals surface area (Å²) in [7, 11) is 1.61. The number of methoxy groups -OCH3 is 1. The smallest absolute Gasteiger partial charge is 0.254 e. The van der Waals surface area contributed by atoms with Crippen LogP contribution in [-0.4, -0.2) is 30.1 Å². The van der Waals surface area contributed by atoms with Crippen LogP contribution in [0.4, 0.5) is 0 Å². The van der Waals surface area contributed by atoms with Crippen molar-refractivity contribution in [3.05, 3.63) is 42.0 Å². The minimum Gasteiger partial charge on any atom is -0.497 e. The average molecular weight is 322 g/mol. The van der Waals surface area contributed by atoms with E-state index in [1.165, 1.54) is 6.42 Å². The monoisotopic (exact) mass is 322 g/mol. The van der Waals surface area contributed by atoms with Crippen LogP contribution in [0, 0.1) is 35.5 Å². The third-order valence-electron chi connectivity index (χ3n) is 6.08. The Morgan fingerprint density at radius 1 is 1.04 bits per heavy atom. The highest BCUT2D eigenvalue weighted by Crippen LogP contribution is 2.65. The summed E-state index contributed by atoms with van der Waals surface area (Å²) in [6.45, 7) is 0. The van der Waals surface area contributed by atoms with E-state index in [-0.39, 0.29) is 35.5 Å². The SMILES string of the molecule is COc1ccc(C=NN2C(=O)C3C4C=CC(C5CC45)C3C2=O)cc1. The molecule has 2 amide bonds. The maximum Gasteiger partial charge on any atom is 0.254 e. The van der Waals surface area contributed by atoms with Gasteiger partial charge in [-0.3, -0.25) is 9.59 Å². The van der Waals surface area contributed by atoms with Crippen LogP contribution in [-0.2, 0) is 9.59 Å². The molecule has 1 aromatic carbocycles. The molecule has 6 atom stereocenters. The summed E-state index contributed by atoms with van der Waals surface area (Å²) in [6, 6.07) is 7.35. The van der Waals surface area contributed by atoms with E-state index in [0.29, 0.717) is 11.8 Å². The van der Waals surface area contributed by atoms with Crippen molar-refractivity contribution in [2.24, 2.45) is 40.6 Å². The number of nitrogens with zero attached hydrogens (tertiary/aromatic N) is 2. The largest absolute Gasteiger partial charge is 0.497 e. The Morgan fingerprint density at radius 3 is 2.17 bits per heavy atom. The average Bonchev–Trinajstić information content (AvgIpc) is 3.39. The molecular formula is C19H18N2O3. The zero-order chi connectivity index (χ0) is 16.4. The van der Waals surface area contributed by atoms with Crippen molar-refractivity contribution in [2.45, 2.75) is 6.42 Å². The Morgan fingerprint density at radius 2 is 1.62 bits per heavy atom. The second-order valence-electron chi connectivity index (χ2n) is 7.16. The zero-order valence-corrected chi connectivity index (χ0v) is 13.3. The number of carbonyl (C=O) groups is 2. The summed E-state index contributed by atoms with van der Waals surface area (Å²) in [5.74, 6) is 1.83. The summed E-state index contributed by atoms with van der Waals surface area (Å²) >= 11 is 0. The van der Waals surface area contributed by atoms with Gasteiger partial charge in [-0.05, 0) is 59.9 Å². The summed E-state index contributed by atoms with van der Waals surface area (Å²) < 4.78 is 5.12. The minimum atomic E-state index is -0.190. The molecule has 6 rings (SSSR count). The van der Waals surface area contributed by atoms with Gasteiger partial charge >= 0.3 is 0 Å². The fourth-order valence-electron chi connectivity index (χ4n) is 4.87. The zero-order valence-electron chi connectivity index (χ0n) is 13.3. The molecule has 4 aliphatic carbocycles. The molecule has 5 nitrogen and oxygen atoms in total. The number of hydrazone groups is 1. The fraction of sp³-hybridized carbons (Fsp3) is 0.421. The van der Waals surface area contributed by atoms with Gasteiger partial charge in [0.05, 0.1) is 25.2 Å². The number of carbonyl (C=O) groups excluding carboxylic acids is 2. The highest BCUT2D eigenvalue weighted by atomic mass is 16.5. The first-order valence-corrected chi connectivity index (χ1v) is 8.43. The molecule has 1 aliphatic heterocycles. The lowest BCUT2D eigenvalue weighted by atomic mass is 9.63. The molecular weight excluding hydrogens is 304 g/mol. The van der Waals surface area contributed by atoms with Gasteiger partial charge in [-0.1, -0.05) is 12.2 Å². The topological polar surface area (TPSA) is 59.0 Å². The highest BCUT2D eigenvalue weighted by molar-refractivity contribution is 6.06. The van der Waals surface area contributed by atoms with Gasteiger partial charge in [-0.25, -0.2) is 0 Å². The summed E-state index contributed by atoms with van der Waals surface area (Å²) in [5, 5.41) is 5.32. The van der Waals surface area contributed by atoms with E-state index in [9.17, 15) is 9.59 Å². The van der Waals surface area contributed by atoms with Crippen molar-refractivity contribution < 1.29 is 14.3 Å². The van der Waals surface area contributed by atoms with E-state index < -0.39 is 0 Å². The molecule has 2 bridgehead atoms. The van der Waals surface area contributed by atoms with Crippen molar-refractivity contribution in [3.8, 4) is 5.75 Å². The second-order valence-corrected chi connectivity index (χ2v) is 7.16. The molecule has 3 fully saturated rings. The maximum atomic E-state index is 12.8. The summed E-state index contributed by atoms with van der Waals surface area (Å²) in [5.41, 5.74) is 0.829. The molecule has 2 saturated carbocycles. The predicted molar refractivity (Wildman–Crippen MR) is 87.1 cm³/mol. The number of hydrogen-bond donors (Lipinski definition) is 0. The van der Waals surface area contributed by atoms with Crippen molar-refractivity contribution in [2.75, 3.05) is 7.11 Å². The number of allylic oxidation sites excluding steroid dienone is 2. The lowest BCUT2D eigenvalue weighted by Crippen LogP contribution is -2.40. The number of ether oxygens (including phenoxy) is 1. The van der Waals surface area contributed by atoms with E-state index >= 15 is 0 Å². The van der Waals surface area contributed by atoms with Crippen molar-refractivity contribution in [1.29, 1.82) is 0 Å². The van der Waals surface area contributed by atoms with Gasteiger partial charge in [0.15, 0.2) is 0 Å². The number of benzene rings is 1. The molecule has 0 spiro atoms. The molecule has 0 N–H and O–H groups in total. The molecule has 6 unspecified atom stereocenters. The predicted octanol–water partition coefficient (Wildman–Crippen LogP) is 2.08. The molecule has 1 aromatic rings. The molecule has 122 valence electrons. The van der Waals surface area contributed by atoms with Crippen molar-refractivity contribution in [3.63, 3.8) is 0 Å². The Balaban J connectivity index is 1.41. The van der Waals surface area contributed by atoms with Crippen LogP contribution in [0.2, 0.25) is 0 Å². The Kier molecular flexibility index (Phi) is 2.78. The quantitative estimate of drug-likeness (QED) is 0.486. The van der Waals surface area contributed by atoms with E-state index in [1.54, 1.807) is 13.3 Å². The Hall–Kier alpha value is -2.43. The van der Waals surface area contributed by atoms with E-state index in [4.69, 9.17) is 4.74 Å². The number of rotatable bonds is 3. The molecule has 5 heteroatoms. The molecule has 24 heavy (non-hydrogen) atoms. The van der Waals surface area contributed by atoms with Gasteiger partial charge in [0.2, 0.25) is 0 Å². The van der Waals surface area contributed by atoms with Crippen LogP contribution in [0.1, 0.15) is 12.0 Å². The second kappa shape index (κ2) is 4.79. The first kappa shape index (κ1) is 14.0. The van der Waals surface area contributed by atoms with Crippen LogP contribution in [0.25, 0.3) is 0 Å². The molecule has 0 aromatic heterocycles. The van der Waals surface area contributed by atoms with Gasteiger partial charge in [-0.15, -0.1) is 0 Å². The summed E-state index contributed by atoms with van der Waals surface area (Å²) in [4.78, 5) is 25.5. The van der Waals surface area contributed by atoms with Gasteiger partial charge in [0.1, 0.15) is 5.75 Å². The van der Waals surface area contributed by atoms with Crippen molar-refractivity contribution >= 4 is 18.0 Å². The Labute approximate surface area is 140 Å². The fourth-order valence-corrected chi connectivity index (χ4v) is 4.87. The molecule has 1 saturated heterocycles. The lowest BCUT2D eigenvalue weighted by molar-refractivity contribution is -0.140. The van der Waals surface area contributed by atoms with Crippen LogP contribution < -0.4 is 4.74 Å². The van der Waals surface area contributed by atoms with E-state index in [1.807, 2.05) is 24.3 Å². The van der Waals surface area contributed by atoms with Gasteiger partial charge < -0.3 is 4.74 Å². The summed E-state index contributed by atoms with van der Waals surface area (Å²) in [6.07, 6.45) is 7.08. The van der Waals surface area contributed by atoms with E-state index in [0.717, 1.165) is 16.3 Å². The lowest BCUT2D eigenvalue weighted by Gasteiger charge is -2.37. The third kappa shape index (κ3) is 1.78. The maximum absolute atomic E-state index is 12.8. The van der Waals surface area contributed by atoms with Gasteiger partial charge in [0.25, 0.3) is 11.8 Å². The number of amides is 2. The molecule has 5 aliphatic rings. The van der Waals surface area contributed by atoms with E-state index in [2.05, 4.69) is 17.3 Å². The number of imide groups is 1. The standard InChI is InChI=1S/C19H18N2O3/c1-24-11-4-2-10(3-5-11)9-20-21-18(22)16-12-6-7-13(15-8-14(12)15)17(16)19(21)23/h2-7,9,12-17H,8H2,1H3. The van der Waals surface area contributed by atoms with Crippen molar-refractivity contribution in [1.82, 2.24) is 5.01 Å². The first-order valence-electron chi connectivity index (χ1n) is 8.43. The Bertz CT molecular complexity index is 746. The minimum absolute atomic E-state index is 0.125. The van der Waals surface area contributed by atoms with Crippen LogP contribution in [0.3, 0.4) is 0 Å². The molecule has 0 radical (unpaired) electrons. The van der Waals surface area contributed by atoms with Crippen LogP contribution >= 0.6 is 0 Å². The van der Waals surface area contributed by atoms with Crippen LogP contribution in [0.5, 0.6) is 5.75 Å². The van der Waals surface area contributed by atoms with Gasteiger partial charge in [-0.2, -0.15) is 10.1 Å². The normalized spacial score (nSPS) is 38.6. The highest BCUT2D eigenvalue weighted by Gasteiger charge is 2.67. The van der Waals surface area contributed by atoms with Gasteiger partial charge in [0, 0.05) is 0 Å².